The van der Waals surface area contributed by atoms with Gasteiger partial charge in [0.2, 0.25) is 0 Å². The summed E-state index contributed by atoms with van der Waals surface area (Å²) in [6.45, 7) is 0. The quantitative estimate of drug-likeness (QED) is 0.868. The molecule has 0 fully saturated rings. The highest BCUT2D eigenvalue weighted by Gasteiger charge is 2.24. The van der Waals surface area contributed by atoms with Crippen molar-refractivity contribution in [2.45, 2.75) is 11.8 Å². The van der Waals surface area contributed by atoms with Gasteiger partial charge in [0.25, 0.3) is 6.43 Å². The first-order valence-corrected chi connectivity index (χ1v) is 5.14. The summed E-state index contributed by atoms with van der Waals surface area (Å²) in [5.41, 5.74) is -1.62. The van der Waals surface area contributed by atoms with Crippen molar-refractivity contribution in [3.8, 4) is 6.07 Å². The molecule has 0 amide bonds. The van der Waals surface area contributed by atoms with E-state index >= 15 is 0 Å². The topological polar surface area (TPSA) is 74.0 Å². The van der Waals surface area contributed by atoms with Gasteiger partial charge in [0.15, 0.2) is 0 Å². The Kier molecular flexibility index (Phi) is 3.90. The molecule has 0 radical (unpaired) electrons. The van der Waals surface area contributed by atoms with Crippen LogP contribution in [0.3, 0.4) is 0 Å². The second-order valence-electron chi connectivity index (χ2n) is 2.77. The van der Waals surface area contributed by atoms with Crippen molar-refractivity contribution < 1.29 is 18.7 Å². The Bertz CT molecular complexity index is 471. The van der Waals surface area contributed by atoms with E-state index in [-0.39, 0.29) is 10.9 Å². The van der Waals surface area contributed by atoms with Crippen molar-refractivity contribution in [3.63, 3.8) is 0 Å². The predicted molar refractivity (Wildman–Crippen MR) is 53.5 cm³/mol. The molecule has 1 heterocycles. The van der Waals surface area contributed by atoms with Crippen LogP contribution < -0.4 is 0 Å². The van der Waals surface area contributed by atoms with E-state index in [1.807, 2.05) is 0 Å². The molecule has 0 bridgehead atoms. The molecule has 1 aromatic rings. The molecule has 0 aliphatic heterocycles. The Balaban J connectivity index is 3.58. The number of nitrogens with zero attached hydrogens (tertiary/aromatic N) is 2. The average molecular weight is 291 g/mol. The molecule has 0 unspecified atom stereocenters. The molecule has 0 aliphatic carbocycles. The van der Waals surface area contributed by atoms with Gasteiger partial charge >= 0.3 is 5.97 Å². The second kappa shape index (κ2) is 4.99. The summed E-state index contributed by atoms with van der Waals surface area (Å²) in [6, 6.07) is 1.46. The van der Waals surface area contributed by atoms with Crippen LogP contribution in [0, 0.1) is 11.3 Å². The smallest absolute Gasteiger partial charge is 0.337 e. The molecule has 16 heavy (non-hydrogen) atoms. The number of carboxylic acids is 1. The van der Waals surface area contributed by atoms with E-state index in [1.165, 1.54) is 6.07 Å². The van der Waals surface area contributed by atoms with Gasteiger partial charge in [-0.25, -0.2) is 13.6 Å². The fourth-order valence-electron chi connectivity index (χ4n) is 1.19. The number of carboxylic acid groups (broad SMARTS) is 1. The molecule has 1 rings (SSSR count). The number of rotatable bonds is 3. The van der Waals surface area contributed by atoms with Gasteiger partial charge in [-0.15, -0.1) is 0 Å². The average Bonchev–Trinajstić information content (AvgIpc) is 2.26. The van der Waals surface area contributed by atoms with Crippen molar-refractivity contribution in [2.75, 3.05) is 0 Å². The predicted octanol–water partition coefficient (Wildman–Crippen LogP) is 2.48. The van der Waals surface area contributed by atoms with Crippen LogP contribution in [-0.2, 0) is 5.33 Å². The molecular weight excluding hydrogens is 286 g/mol. The number of aromatic carboxylic acids is 1. The van der Waals surface area contributed by atoms with Gasteiger partial charge < -0.3 is 5.11 Å². The first-order chi connectivity index (χ1) is 7.52. The lowest BCUT2D eigenvalue weighted by Crippen LogP contribution is -2.09. The Hall–Kier alpha value is -1.55. The summed E-state index contributed by atoms with van der Waals surface area (Å²) in [5, 5.41) is 17.7. The minimum atomic E-state index is -2.97. The third-order valence-corrected chi connectivity index (χ3v) is 2.47. The fourth-order valence-corrected chi connectivity index (χ4v) is 1.61. The monoisotopic (exact) mass is 290 g/mol. The Morgan fingerprint density at radius 3 is 2.69 bits per heavy atom. The van der Waals surface area contributed by atoms with E-state index < -0.39 is 29.2 Å². The summed E-state index contributed by atoms with van der Waals surface area (Å²) < 4.78 is 25.0. The Morgan fingerprint density at radius 2 is 2.31 bits per heavy atom. The highest BCUT2D eigenvalue weighted by atomic mass is 79.9. The summed E-state index contributed by atoms with van der Waals surface area (Å²) >= 11 is 3.00. The molecule has 1 N–H and O–H groups in total. The van der Waals surface area contributed by atoms with Crippen LogP contribution in [0.5, 0.6) is 0 Å². The first-order valence-electron chi connectivity index (χ1n) is 4.02. The minimum absolute atomic E-state index is 0.125. The van der Waals surface area contributed by atoms with Crippen molar-refractivity contribution in [1.29, 1.82) is 5.26 Å². The lowest BCUT2D eigenvalue weighted by molar-refractivity contribution is 0.0695. The van der Waals surface area contributed by atoms with E-state index in [4.69, 9.17) is 10.4 Å². The summed E-state index contributed by atoms with van der Waals surface area (Å²) in [5.74, 6) is -1.42. The number of halogens is 3. The maximum atomic E-state index is 12.5. The van der Waals surface area contributed by atoms with Crippen molar-refractivity contribution >= 4 is 21.9 Å². The van der Waals surface area contributed by atoms with Crippen molar-refractivity contribution in [2.24, 2.45) is 0 Å². The van der Waals surface area contributed by atoms with Crippen LogP contribution in [0.25, 0.3) is 0 Å². The van der Waals surface area contributed by atoms with Crippen molar-refractivity contribution in [3.05, 3.63) is 28.6 Å². The molecule has 1 aromatic heterocycles. The second-order valence-corrected chi connectivity index (χ2v) is 3.33. The molecule has 0 aromatic carbocycles. The van der Waals surface area contributed by atoms with E-state index in [9.17, 15) is 13.6 Å². The molecule has 0 aliphatic rings. The van der Waals surface area contributed by atoms with Gasteiger partial charge in [-0.3, -0.25) is 4.98 Å². The minimum Gasteiger partial charge on any atom is -0.478 e. The van der Waals surface area contributed by atoms with Gasteiger partial charge in [0, 0.05) is 11.5 Å². The highest BCUT2D eigenvalue weighted by Crippen LogP contribution is 2.26. The zero-order valence-electron chi connectivity index (χ0n) is 7.75. The first kappa shape index (κ1) is 12.5. The van der Waals surface area contributed by atoms with Gasteiger partial charge in [-0.2, -0.15) is 5.26 Å². The van der Waals surface area contributed by atoms with Crippen LogP contribution in [0.15, 0.2) is 6.20 Å². The SMILES string of the molecule is N#Cc1c(C(F)F)ncc(CBr)c1C(=O)O. The van der Waals surface area contributed by atoms with Gasteiger partial charge in [0.1, 0.15) is 11.8 Å². The van der Waals surface area contributed by atoms with E-state index in [1.54, 1.807) is 0 Å². The third kappa shape index (κ3) is 2.17. The summed E-state index contributed by atoms with van der Waals surface area (Å²) in [7, 11) is 0. The molecule has 0 spiro atoms. The molecule has 4 nitrogen and oxygen atoms in total. The van der Waals surface area contributed by atoms with E-state index in [2.05, 4.69) is 20.9 Å². The summed E-state index contributed by atoms with van der Waals surface area (Å²) in [4.78, 5) is 14.3. The molecule has 84 valence electrons. The zero-order chi connectivity index (χ0) is 12.3. The maximum absolute atomic E-state index is 12.5. The lowest BCUT2D eigenvalue weighted by Gasteiger charge is -2.08. The number of nitriles is 1. The molecule has 0 saturated heterocycles. The Morgan fingerprint density at radius 1 is 1.69 bits per heavy atom. The van der Waals surface area contributed by atoms with Crippen LogP contribution in [0.2, 0.25) is 0 Å². The summed E-state index contributed by atoms with van der Waals surface area (Å²) in [6.07, 6.45) is -1.95. The number of hydrogen-bond donors (Lipinski definition) is 1. The lowest BCUT2D eigenvalue weighted by atomic mass is 10.0. The molecule has 7 heteroatoms. The number of carbonyl (C=O) groups is 1. The molecular formula is C9H5BrF2N2O2. The van der Waals surface area contributed by atoms with Gasteiger partial charge in [0.05, 0.1) is 11.1 Å². The van der Waals surface area contributed by atoms with Crippen LogP contribution in [0.4, 0.5) is 8.78 Å². The van der Waals surface area contributed by atoms with E-state index in [0.717, 1.165) is 6.20 Å². The fraction of sp³-hybridized carbons (Fsp3) is 0.222. The van der Waals surface area contributed by atoms with Crippen LogP contribution in [-0.4, -0.2) is 16.1 Å². The van der Waals surface area contributed by atoms with E-state index in [0.29, 0.717) is 0 Å². The molecule has 0 atom stereocenters. The van der Waals surface area contributed by atoms with Gasteiger partial charge in [-0.05, 0) is 5.56 Å². The number of hydrogen-bond acceptors (Lipinski definition) is 3. The number of alkyl halides is 3. The molecule has 0 saturated carbocycles. The Labute approximate surface area is 97.7 Å². The van der Waals surface area contributed by atoms with Crippen LogP contribution in [0.1, 0.15) is 33.6 Å². The van der Waals surface area contributed by atoms with Crippen LogP contribution >= 0.6 is 15.9 Å². The number of pyridine rings is 1. The van der Waals surface area contributed by atoms with Crippen molar-refractivity contribution in [1.82, 2.24) is 4.98 Å². The number of aromatic nitrogens is 1. The normalized spacial score (nSPS) is 10.2. The zero-order valence-corrected chi connectivity index (χ0v) is 9.33. The standard InChI is InChI=1S/C9H5BrF2N2O2/c10-1-4-3-14-7(8(11)12)5(2-13)6(4)9(15)16/h3,8H,1H2,(H,15,16). The van der Waals surface area contributed by atoms with Gasteiger partial charge in [-0.1, -0.05) is 15.9 Å². The largest absolute Gasteiger partial charge is 0.478 e. The maximum Gasteiger partial charge on any atom is 0.337 e. The third-order valence-electron chi connectivity index (χ3n) is 1.86. The highest BCUT2D eigenvalue weighted by molar-refractivity contribution is 9.08.